The van der Waals surface area contributed by atoms with E-state index in [1.165, 1.54) is 11.1 Å². The summed E-state index contributed by atoms with van der Waals surface area (Å²) in [4.78, 5) is 0. The molecule has 2 atom stereocenters. The molecule has 0 nitrogen and oxygen atoms in total. The number of rotatable bonds is 3. The number of hydrogen-bond donors (Lipinski definition) is 0. The molecule has 2 aromatic carbocycles. The van der Waals surface area contributed by atoms with Gasteiger partial charge in [0.2, 0.25) is 0 Å². The molecular weight excluding hydrogens is 320 g/mol. The summed E-state index contributed by atoms with van der Waals surface area (Å²) in [7, 11) is -2.96. The van der Waals surface area contributed by atoms with E-state index >= 15 is 0 Å². The molecule has 122 valence electrons. The average Bonchev–Trinajstić information content (AvgIpc) is 3.18. The second-order valence-corrected chi connectivity index (χ2v) is 24.5. The maximum Gasteiger partial charge on any atom is 0.0686 e. The van der Waals surface area contributed by atoms with Gasteiger partial charge in [-0.05, 0) is 33.3 Å². The smallest absolute Gasteiger partial charge is 0.0686 e. The largest absolute Gasteiger partial charge is 0.0793 e. The normalized spacial score (nSPS) is 23.8. The Morgan fingerprint density at radius 1 is 0.625 bits per heavy atom. The van der Waals surface area contributed by atoms with Gasteiger partial charge in [0, 0.05) is 7.59 Å². The van der Waals surface area contributed by atoms with Crippen LogP contribution < -0.4 is 0 Å². The highest BCUT2D eigenvalue weighted by Crippen LogP contribution is 2.50. The van der Waals surface area contributed by atoms with Crippen molar-refractivity contribution in [3.63, 3.8) is 0 Å². The molecule has 0 spiro atoms. The zero-order chi connectivity index (χ0) is 16.9. The first-order valence-corrected chi connectivity index (χ1v) is 16.1. The molecule has 2 unspecified atom stereocenters. The number of allylic oxidation sites excluding steroid dienone is 2. The molecule has 2 aliphatic carbocycles. The first-order valence-electron chi connectivity index (χ1n) is 8.97. The van der Waals surface area contributed by atoms with Crippen molar-refractivity contribution < 1.29 is 0 Å². The summed E-state index contributed by atoms with van der Waals surface area (Å²) in [5.74, 6) is 0. The van der Waals surface area contributed by atoms with E-state index in [2.05, 4.69) is 99.0 Å². The van der Waals surface area contributed by atoms with Crippen LogP contribution in [0.2, 0.25) is 26.2 Å². The van der Waals surface area contributed by atoms with Crippen LogP contribution in [0.5, 0.6) is 0 Å². The number of benzene rings is 2. The van der Waals surface area contributed by atoms with Crippen LogP contribution in [0.1, 0.15) is 33.3 Å². The molecule has 2 aromatic rings. The van der Waals surface area contributed by atoms with Crippen molar-refractivity contribution in [2.24, 2.45) is 0 Å². The van der Waals surface area contributed by atoms with Crippen LogP contribution in [0.25, 0.3) is 12.2 Å². The quantitative estimate of drug-likeness (QED) is 0.582. The van der Waals surface area contributed by atoms with Gasteiger partial charge in [-0.2, -0.15) is 0 Å². The van der Waals surface area contributed by atoms with E-state index in [1.54, 1.807) is 11.1 Å². The second kappa shape index (κ2) is 5.43. The Morgan fingerprint density at radius 2 is 1.04 bits per heavy atom. The van der Waals surface area contributed by atoms with E-state index < -0.39 is 15.2 Å². The minimum atomic E-state index is -1.62. The van der Waals surface area contributed by atoms with Crippen LogP contribution in [0, 0.1) is 0 Å². The van der Waals surface area contributed by atoms with Gasteiger partial charge in [-0.1, -0.05) is 99.0 Å². The summed E-state index contributed by atoms with van der Waals surface area (Å²) in [5.41, 5.74) is 7.31. The van der Waals surface area contributed by atoms with Gasteiger partial charge in [0.25, 0.3) is 0 Å². The molecule has 0 N–H and O–H groups in total. The summed E-state index contributed by atoms with van der Waals surface area (Å²) >= 11 is 0. The third kappa shape index (κ3) is 2.16. The molecule has 0 bridgehead atoms. The lowest BCUT2D eigenvalue weighted by molar-refractivity contribution is 1.07. The minimum Gasteiger partial charge on any atom is -0.0793 e. The van der Waals surface area contributed by atoms with Crippen LogP contribution in [-0.2, 0) is 0 Å². The molecule has 0 amide bonds. The Labute approximate surface area is 147 Å². The van der Waals surface area contributed by atoms with Gasteiger partial charge in [-0.25, -0.2) is 0 Å². The third-order valence-corrected chi connectivity index (χ3v) is 24.9. The van der Waals surface area contributed by atoms with Gasteiger partial charge >= 0.3 is 0 Å². The van der Waals surface area contributed by atoms with Gasteiger partial charge in [0.05, 0.1) is 7.59 Å². The fourth-order valence-electron chi connectivity index (χ4n) is 4.67. The van der Waals surface area contributed by atoms with Crippen LogP contribution in [0.15, 0.2) is 60.7 Å². The number of hydrogen-bond acceptors (Lipinski definition) is 0. The molecule has 0 heterocycles. The molecule has 0 radical (unpaired) electrons. The first kappa shape index (κ1) is 15.9. The SMILES string of the molecule is C[Si](C)(C)[Si](C)(C1C=Cc2ccccc21)C1C=Cc2ccccc21. The van der Waals surface area contributed by atoms with E-state index in [0.717, 1.165) is 0 Å². The predicted molar refractivity (Wildman–Crippen MR) is 111 cm³/mol. The van der Waals surface area contributed by atoms with Crippen LogP contribution in [0.4, 0.5) is 0 Å². The maximum atomic E-state index is 2.69. The molecule has 0 aliphatic heterocycles. The van der Waals surface area contributed by atoms with Crippen molar-refractivity contribution >= 4 is 27.3 Å². The summed E-state index contributed by atoms with van der Waals surface area (Å²) in [5, 5.41) is 0. The van der Waals surface area contributed by atoms with E-state index in [-0.39, 0.29) is 0 Å². The molecule has 0 aromatic heterocycles. The molecule has 0 fully saturated rings. The highest BCUT2D eigenvalue weighted by Gasteiger charge is 2.53. The molecular formula is C22H26Si2. The minimum absolute atomic E-state index is 0.640. The lowest BCUT2D eigenvalue weighted by atomic mass is 10.1. The van der Waals surface area contributed by atoms with E-state index in [9.17, 15) is 0 Å². The molecule has 0 saturated heterocycles. The number of fused-ring (bicyclic) bond motifs is 2. The Hall–Kier alpha value is -1.65. The van der Waals surface area contributed by atoms with Crippen molar-refractivity contribution in [3.8, 4) is 0 Å². The fraction of sp³-hybridized carbons (Fsp3) is 0.273. The average molecular weight is 347 g/mol. The van der Waals surface area contributed by atoms with Crippen molar-refractivity contribution in [3.05, 3.63) is 82.9 Å². The second-order valence-electron chi connectivity index (χ2n) is 8.46. The van der Waals surface area contributed by atoms with Gasteiger partial charge in [-0.15, -0.1) is 0 Å². The summed E-state index contributed by atoms with van der Waals surface area (Å²) in [6.45, 7) is 10.5. The summed E-state index contributed by atoms with van der Waals surface area (Å²) < 4.78 is 0. The fourth-order valence-corrected chi connectivity index (χ4v) is 16.8. The maximum absolute atomic E-state index is 2.69. The van der Waals surface area contributed by atoms with Crippen LogP contribution >= 0.6 is 0 Å². The first-order chi connectivity index (χ1) is 11.4. The zero-order valence-corrected chi connectivity index (χ0v) is 17.1. The van der Waals surface area contributed by atoms with Crippen LogP contribution in [-0.4, -0.2) is 15.2 Å². The monoisotopic (exact) mass is 346 g/mol. The Balaban J connectivity index is 1.88. The van der Waals surface area contributed by atoms with Gasteiger partial charge in [0.15, 0.2) is 0 Å². The van der Waals surface area contributed by atoms with Gasteiger partial charge in [-0.3, -0.25) is 0 Å². The van der Waals surface area contributed by atoms with Crippen LogP contribution in [0.3, 0.4) is 0 Å². The van der Waals surface area contributed by atoms with Gasteiger partial charge in [0.1, 0.15) is 0 Å². The lowest BCUT2D eigenvalue weighted by Gasteiger charge is -2.47. The Kier molecular flexibility index (Phi) is 3.59. The predicted octanol–water partition coefficient (Wildman–Crippen LogP) is 6.18. The molecule has 0 saturated carbocycles. The zero-order valence-electron chi connectivity index (χ0n) is 15.1. The Morgan fingerprint density at radius 3 is 1.46 bits per heavy atom. The summed E-state index contributed by atoms with van der Waals surface area (Å²) in [6.07, 6.45) is 9.81. The molecule has 2 aliphatic rings. The topological polar surface area (TPSA) is 0 Å². The Bertz CT molecular complexity index is 778. The van der Waals surface area contributed by atoms with Gasteiger partial charge < -0.3 is 0 Å². The van der Waals surface area contributed by atoms with E-state index in [1.807, 2.05) is 0 Å². The summed E-state index contributed by atoms with van der Waals surface area (Å²) in [6, 6.07) is 18.1. The highest BCUT2D eigenvalue weighted by molar-refractivity contribution is 7.42. The molecule has 4 rings (SSSR count). The van der Waals surface area contributed by atoms with Crippen molar-refractivity contribution in [1.82, 2.24) is 0 Å². The van der Waals surface area contributed by atoms with E-state index in [0.29, 0.717) is 11.1 Å². The van der Waals surface area contributed by atoms with Crippen molar-refractivity contribution in [1.29, 1.82) is 0 Å². The molecule has 2 heteroatoms. The lowest BCUT2D eigenvalue weighted by Crippen LogP contribution is -2.62. The van der Waals surface area contributed by atoms with Crippen molar-refractivity contribution in [2.45, 2.75) is 37.3 Å². The third-order valence-electron chi connectivity index (χ3n) is 6.51. The van der Waals surface area contributed by atoms with E-state index in [4.69, 9.17) is 0 Å². The van der Waals surface area contributed by atoms with Crippen molar-refractivity contribution in [2.75, 3.05) is 0 Å². The molecule has 24 heavy (non-hydrogen) atoms. The standard InChI is InChI=1S/C22H26Si2/c1-23(2,3)24(4,21-15-13-17-9-5-7-11-19(17)21)22-16-14-18-10-6-8-12-20(18)22/h5-16,21-22H,1-4H3. The highest BCUT2D eigenvalue weighted by atomic mass is 29.3.